The minimum Gasteiger partial charge on any atom is -0.339 e. The third kappa shape index (κ3) is 3.68. The Morgan fingerprint density at radius 3 is 2.88 bits per heavy atom. The zero-order chi connectivity index (χ0) is 18.0. The Morgan fingerprint density at radius 2 is 2.16 bits per heavy atom. The second-order valence-corrected chi connectivity index (χ2v) is 7.83. The molecule has 2 aromatic heterocycles. The highest BCUT2D eigenvalue weighted by molar-refractivity contribution is 7.18. The first-order valence-electron chi connectivity index (χ1n) is 8.93. The Bertz CT molecular complexity index is 865. The first-order chi connectivity index (χ1) is 12.0. The average molecular weight is 359 g/mol. The molecule has 2 aromatic rings. The van der Waals surface area contributed by atoms with E-state index >= 15 is 0 Å². The summed E-state index contributed by atoms with van der Waals surface area (Å²) >= 11 is 1.65. The molecule has 3 rings (SSSR count). The molecule has 25 heavy (non-hydrogen) atoms. The van der Waals surface area contributed by atoms with E-state index in [2.05, 4.69) is 11.6 Å². The number of hydrogen-bond donors (Lipinski definition) is 0. The summed E-state index contributed by atoms with van der Waals surface area (Å²) in [6.45, 7) is 9.33. The molecular formula is C19H25N3O2S. The fourth-order valence-electron chi connectivity index (χ4n) is 3.42. The zero-order valence-electron chi connectivity index (χ0n) is 15.0. The van der Waals surface area contributed by atoms with Crippen molar-refractivity contribution >= 4 is 27.5 Å². The molecule has 1 aliphatic rings. The van der Waals surface area contributed by atoms with Crippen LogP contribution in [0.1, 0.15) is 43.6 Å². The number of amides is 1. The van der Waals surface area contributed by atoms with Gasteiger partial charge >= 0.3 is 0 Å². The van der Waals surface area contributed by atoms with Crippen molar-refractivity contribution in [2.75, 3.05) is 13.1 Å². The molecule has 6 heteroatoms. The summed E-state index contributed by atoms with van der Waals surface area (Å²) in [6, 6.07) is 0. The van der Waals surface area contributed by atoms with Gasteiger partial charge in [0.1, 0.15) is 4.83 Å². The van der Waals surface area contributed by atoms with Crippen LogP contribution in [-0.4, -0.2) is 33.4 Å². The van der Waals surface area contributed by atoms with Crippen LogP contribution in [0.5, 0.6) is 0 Å². The van der Waals surface area contributed by atoms with E-state index in [-0.39, 0.29) is 11.5 Å². The van der Waals surface area contributed by atoms with Crippen LogP contribution in [0.3, 0.4) is 0 Å². The Hall–Kier alpha value is -1.95. The van der Waals surface area contributed by atoms with Crippen molar-refractivity contribution in [2.45, 2.75) is 52.5 Å². The van der Waals surface area contributed by atoms with E-state index in [1.807, 2.05) is 13.8 Å². The number of aromatic nitrogens is 2. The summed E-state index contributed by atoms with van der Waals surface area (Å²) in [5.41, 5.74) is 2.15. The van der Waals surface area contributed by atoms with E-state index in [4.69, 9.17) is 0 Å². The molecule has 0 saturated heterocycles. The lowest BCUT2D eigenvalue weighted by molar-refractivity contribution is -0.130. The van der Waals surface area contributed by atoms with Crippen LogP contribution in [0.2, 0.25) is 0 Å². The molecule has 0 aromatic carbocycles. The molecule has 0 unspecified atom stereocenters. The fraction of sp³-hybridized carbons (Fsp3) is 0.526. The van der Waals surface area contributed by atoms with E-state index in [0.29, 0.717) is 26.1 Å². The minimum atomic E-state index is 0.000139. The number of thiophene rings is 1. The normalized spacial score (nSPS) is 13.7. The van der Waals surface area contributed by atoms with Crippen LogP contribution in [0.25, 0.3) is 10.2 Å². The molecule has 0 N–H and O–H groups in total. The second-order valence-electron chi connectivity index (χ2n) is 6.75. The van der Waals surface area contributed by atoms with Crippen molar-refractivity contribution in [3.8, 4) is 0 Å². The molecule has 0 fully saturated rings. The van der Waals surface area contributed by atoms with Gasteiger partial charge in [0.15, 0.2) is 0 Å². The number of rotatable bonds is 6. The lowest BCUT2D eigenvalue weighted by Gasteiger charge is -2.21. The molecule has 5 nitrogen and oxygen atoms in total. The Morgan fingerprint density at radius 1 is 1.40 bits per heavy atom. The molecule has 134 valence electrons. The van der Waals surface area contributed by atoms with Gasteiger partial charge in [-0.05, 0) is 45.1 Å². The summed E-state index contributed by atoms with van der Waals surface area (Å²) in [7, 11) is 0. The highest BCUT2D eigenvalue weighted by Gasteiger charge is 2.20. The highest BCUT2D eigenvalue weighted by atomic mass is 32.1. The number of carbonyl (C=O) groups excluding carboxylic acids is 1. The molecule has 0 atom stereocenters. The van der Waals surface area contributed by atoms with E-state index in [0.717, 1.165) is 35.1 Å². The van der Waals surface area contributed by atoms with Crippen molar-refractivity contribution in [1.29, 1.82) is 0 Å². The summed E-state index contributed by atoms with van der Waals surface area (Å²) in [6.07, 6.45) is 6.25. The molecule has 1 aliphatic carbocycles. The Balaban J connectivity index is 1.80. The monoisotopic (exact) mass is 359 g/mol. The van der Waals surface area contributed by atoms with Gasteiger partial charge in [-0.1, -0.05) is 12.2 Å². The van der Waals surface area contributed by atoms with Crippen molar-refractivity contribution in [3.05, 3.63) is 39.3 Å². The van der Waals surface area contributed by atoms with Crippen LogP contribution in [0.4, 0.5) is 0 Å². The van der Waals surface area contributed by atoms with Crippen LogP contribution >= 0.6 is 11.3 Å². The van der Waals surface area contributed by atoms with Gasteiger partial charge in [0.05, 0.1) is 11.7 Å². The van der Waals surface area contributed by atoms with Crippen LogP contribution in [0, 0.1) is 0 Å². The number of carbonyl (C=O) groups is 1. The van der Waals surface area contributed by atoms with Gasteiger partial charge in [-0.2, -0.15) is 0 Å². The van der Waals surface area contributed by atoms with Gasteiger partial charge in [0, 0.05) is 30.9 Å². The lowest BCUT2D eigenvalue weighted by atomic mass is 9.97. The fourth-order valence-corrected chi connectivity index (χ4v) is 4.64. The first-order valence-corrected chi connectivity index (χ1v) is 9.74. The lowest BCUT2D eigenvalue weighted by Crippen LogP contribution is -2.33. The van der Waals surface area contributed by atoms with Crippen molar-refractivity contribution in [1.82, 2.24) is 14.5 Å². The molecule has 0 aliphatic heterocycles. The maximum atomic E-state index is 12.9. The van der Waals surface area contributed by atoms with Gasteiger partial charge in [0.2, 0.25) is 5.91 Å². The van der Waals surface area contributed by atoms with E-state index < -0.39 is 0 Å². The number of aryl methyl sites for hydroxylation is 3. The van der Waals surface area contributed by atoms with Gasteiger partial charge in [-0.3, -0.25) is 14.2 Å². The van der Waals surface area contributed by atoms with E-state index in [1.165, 1.54) is 16.9 Å². The quantitative estimate of drug-likeness (QED) is 0.745. The maximum Gasteiger partial charge on any atom is 0.262 e. The second kappa shape index (κ2) is 7.52. The van der Waals surface area contributed by atoms with E-state index in [1.54, 1.807) is 27.1 Å². The third-order valence-electron chi connectivity index (χ3n) is 4.70. The molecule has 2 heterocycles. The SMILES string of the molecule is C=C(C)CN(CC)C(=O)CCn1cnc2sc3c(c2c1=O)CCCC3. The van der Waals surface area contributed by atoms with Crippen molar-refractivity contribution in [3.63, 3.8) is 0 Å². The van der Waals surface area contributed by atoms with Crippen molar-refractivity contribution in [2.24, 2.45) is 0 Å². The molecule has 1 amide bonds. The number of nitrogens with zero attached hydrogens (tertiary/aromatic N) is 3. The third-order valence-corrected chi connectivity index (χ3v) is 5.90. The van der Waals surface area contributed by atoms with Crippen LogP contribution in [0.15, 0.2) is 23.3 Å². The summed E-state index contributed by atoms with van der Waals surface area (Å²) in [4.78, 5) is 33.7. The number of fused-ring (bicyclic) bond motifs is 3. The molecule has 0 saturated carbocycles. The Labute approximate surface area is 152 Å². The van der Waals surface area contributed by atoms with Gasteiger partial charge in [-0.25, -0.2) is 4.98 Å². The van der Waals surface area contributed by atoms with Gasteiger partial charge < -0.3 is 4.90 Å². The first kappa shape index (κ1) is 17.9. The Kier molecular flexibility index (Phi) is 5.37. The molecule has 0 spiro atoms. The predicted molar refractivity (Wildman–Crippen MR) is 102 cm³/mol. The summed E-state index contributed by atoms with van der Waals surface area (Å²) < 4.78 is 1.59. The smallest absolute Gasteiger partial charge is 0.262 e. The molecule has 0 bridgehead atoms. The average Bonchev–Trinajstić information content (AvgIpc) is 2.98. The van der Waals surface area contributed by atoms with Gasteiger partial charge in [0.25, 0.3) is 5.56 Å². The van der Waals surface area contributed by atoms with E-state index in [9.17, 15) is 9.59 Å². The van der Waals surface area contributed by atoms with Crippen molar-refractivity contribution < 1.29 is 4.79 Å². The molecular weight excluding hydrogens is 334 g/mol. The topological polar surface area (TPSA) is 55.2 Å². The number of likely N-dealkylation sites (N-methyl/N-ethyl adjacent to an activating group) is 1. The maximum absolute atomic E-state index is 12.9. The summed E-state index contributed by atoms with van der Waals surface area (Å²) in [5.74, 6) is 0.0462. The predicted octanol–water partition coefficient (Wildman–Crippen LogP) is 3.15. The number of hydrogen-bond acceptors (Lipinski definition) is 4. The highest BCUT2D eigenvalue weighted by Crippen LogP contribution is 2.33. The van der Waals surface area contributed by atoms with Crippen LogP contribution in [-0.2, 0) is 24.2 Å². The zero-order valence-corrected chi connectivity index (χ0v) is 15.8. The van der Waals surface area contributed by atoms with Gasteiger partial charge in [-0.15, -0.1) is 11.3 Å². The molecule has 0 radical (unpaired) electrons. The summed E-state index contributed by atoms with van der Waals surface area (Å²) in [5, 5.41) is 0.781. The van der Waals surface area contributed by atoms with Crippen LogP contribution < -0.4 is 5.56 Å². The largest absolute Gasteiger partial charge is 0.339 e. The standard InChI is InChI=1S/C19H25N3O2S/c1-4-21(11-13(2)3)16(23)9-10-22-12-20-18-17(19(22)24)14-7-5-6-8-15(14)25-18/h12H,2,4-11H2,1,3H3. The minimum absolute atomic E-state index is 0.000139.